The van der Waals surface area contributed by atoms with Crippen molar-refractivity contribution in [3.8, 4) is 0 Å². The van der Waals surface area contributed by atoms with Crippen molar-refractivity contribution in [2.24, 2.45) is 5.73 Å². The number of aryl methyl sites for hydroxylation is 2. The minimum absolute atomic E-state index is 0.256. The van der Waals surface area contributed by atoms with E-state index in [1.165, 1.54) is 0 Å². The van der Waals surface area contributed by atoms with Gasteiger partial charge in [-0.15, -0.1) is 0 Å². The van der Waals surface area contributed by atoms with Gasteiger partial charge in [0, 0.05) is 24.8 Å². The quantitative estimate of drug-likeness (QED) is 0.760. The van der Waals surface area contributed by atoms with Gasteiger partial charge in [-0.1, -0.05) is 25.1 Å². The van der Waals surface area contributed by atoms with Crippen molar-refractivity contribution < 1.29 is 4.79 Å². The minimum Gasteiger partial charge on any atom is -0.370 e. The van der Waals surface area contributed by atoms with Crippen molar-refractivity contribution in [2.75, 3.05) is 0 Å². The second kappa shape index (κ2) is 6.13. The minimum atomic E-state index is -0.256. The molecule has 3 rings (SSSR count). The first kappa shape index (κ1) is 14.5. The average molecular weight is 296 g/mol. The Hall–Kier alpha value is -2.43. The number of hydrogen-bond acceptors (Lipinski definition) is 3. The highest BCUT2D eigenvalue weighted by atomic mass is 16.1. The molecule has 0 spiro atoms. The first-order chi connectivity index (χ1) is 10.7. The standard InChI is InChI=1S/C17H20N4O/c1-2-6-16-20-14-11-19-13-8-4-3-7-12(13)17(14)21(16)10-5-9-15(18)22/h3-4,7-8,11H,2,5-6,9-10H2,1H3,(H2,18,22). The molecule has 22 heavy (non-hydrogen) atoms. The van der Waals surface area contributed by atoms with Crippen LogP contribution in [0.15, 0.2) is 30.5 Å². The zero-order valence-corrected chi connectivity index (χ0v) is 12.7. The largest absolute Gasteiger partial charge is 0.370 e. The van der Waals surface area contributed by atoms with Crippen molar-refractivity contribution in [1.29, 1.82) is 0 Å². The number of nitrogens with two attached hydrogens (primary N) is 1. The molecule has 0 fully saturated rings. The molecule has 1 aromatic carbocycles. The monoisotopic (exact) mass is 296 g/mol. The zero-order chi connectivity index (χ0) is 15.5. The molecule has 114 valence electrons. The van der Waals surface area contributed by atoms with E-state index in [4.69, 9.17) is 10.7 Å². The van der Waals surface area contributed by atoms with E-state index in [0.717, 1.165) is 53.6 Å². The molecule has 1 amide bonds. The van der Waals surface area contributed by atoms with E-state index in [9.17, 15) is 4.79 Å². The molecule has 0 atom stereocenters. The van der Waals surface area contributed by atoms with Crippen molar-refractivity contribution in [3.05, 3.63) is 36.3 Å². The van der Waals surface area contributed by atoms with E-state index in [2.05, 4.69) is 22.5 Å². The Morgan fingerprint density at radius 2 is 2.09 bits per heavy atom. The van der Waals surface area contributed by atoms with Crippen LogP contribution in [0.2, 0.25) is 0 Å². The summed E-state index contributed by atoms with van der Waals surface area (Å²) >= 11 is 0. The number of primary amides is 1. The van der Waals surface area contributed by atoms with Crippen LogP contribution in [0.1, 0.15) is 32.0 Å². The fourth-order valence-electron chi connectivity index (χ4n) is 2.88. The highest BCUT2D eigenvalue weighted by Gasteiger charge is 2.13. The number of carbonyl (C=O) groups is 1. The third kappa shape index (κ3) is 2.66. The second-order valence-corrected chi connectivity index (χ2v) is 5.51. The van der Waals surface area contributed by atoms with Gasteiger partial charge in [-0.05, 0) is 18.9 Å². The van der Waals surface area contributed by atoms with Crippen LogP contribution >= 0.6 is 0 Å². The highest BCUT2D eigenvalue weighted by Crippen LogP contribution is 2.25. The number of nitrogens with zero attached hydrogens (tertiary/aromatic N) is 3. The molecular formula is C17H20N4O. The van der Waals surface area contributed by atoms with Crippen LogP contribution in [0.25, 0.3) is 21.9 Å². The molecule has 0 aliphatic heterocycles. The number of aromatic nitrogens is 3. The second-order valence-electron chi connectivity index (χ2n) is 5.51. The Balaban J connectivity index is 2.13. The number of benzene rings is 1. The van der Waals surface area contributed by atoms with Gasteiger partial charge in [0.25, 0.3) is 0 Å². The van der Waals surface area contributed by atoms with Gasteiger partial charge < -0.3 is 10.3 Å². The number of imidazole rings is 1. The summed E-state index contributed by atoms with van der Waals surface area (Å²) in [5, 5.41) is 1.11. The summed E-state index contributed by atoms with van der Waals surface area (Å²) in [5.41, 5.74) is 8.25. The van der Waals surface area contributed by atoms with Crippen molar-refractivity contribution in [2.45, 2.75) is 39.2 Å². The molecule has 2 heterocycles. The van der Waals surface area contributed by atoms with Gasteiger partial charge in [-0.25, -0.2) is 4.98 Å². The maximum Gasteiger partial charge on any atom is 0.217 e. The van der Waals surface area contributed by atoms with Gasteiger partial charge in [0.2, 0.25) is 5.91 Å². The van der Waals surface area contributed by atoms with Crippen LogP contribution in [0, 0.1) is 0 Å². The molecule has 5 heteroatoms. The van der Waals surface area contributed by atoms with Crippen LogP contribution in [0.4, 0.5) is 0 Å². The average Bonchev–Trinajstić information content (AvgIpc) is 2.86. The molecule has 2 N–H and O–H groups in total. The van der Waals surface area contributed by atoms with E-state index in [-0.39, 0.29) is 5.91 Å². The van der Waals surface area contributed by atoms with Gasteiger partial charge in [-0.2, -0.15) is 0 Å². The fourth-order valence-corrected chi connectivity index (χ4v) is 2.88. The molecule has 0 saturated carbocycles. The lowest BCUT2D eigenvalue weighted by atomic mass is 10.2. The number of para-hydroxylation sites is 1. The Labute approximate surface area is 129 Å². The topological polar surface area (TPSA) is 73.8 Å². The maximum atomic E-state index is 11.0. The lowest BCUT2D eigenvalue weighted by Crippen LogP contribution is -2.12. The van der Waals surface area contributed by atoms with Gasteiger partial charge in [-0.3, -0.25) is 9.78 Å². The Morgan fingerprint density at radius 3 is 2.86 bits per heavy atom. The summed E-state index contributed by atoms with van der Waals surface area (Å²) in [5.74, 6) is 0.799. The number of rotatable bonds is 6. The summed E-state index contributed by atoms with van der Waals surface area (Å²) in [4.78, 5) is 20.2. The van der Waals surface area contributed by atoms with Crippen molar-refractivity contribution >= 4 is 27.8 Å². The summed E-state index contributed by atoms with van der Waals surface area (Å²) in [7, 11) is 0. The lowest BCUT2D eigenvalue weighted by molar-refractivity contribution is -0.118. The first-order valence-corrected chi connectivity index (χ1v) is 7.72. The van der Waals surface area contributed by atoms with Crippen LogP contribution in [-0.4, -0.2) is 20.4 Å². The predicted molar refractivity (Wildman–Crippen MR) is 87.5 cm³/mol. The Bertz CT molecular complexity index is 822. The first-order valence-electron chi connectivity index (χ1n) is 7.72. The fraction of sp³-hybridized carbons (Fsp3) is 0.353. The van der Waals surface area contributed by atoms with E-state index in [0.29, 0.717) is 6.42 Å². The SMILES string of the molecule is CCCc1nc2cnc3ccccc3c2n1CCCC(N)=O. The molecular weight excluding hydrogens is 276 g/mol. The van der Waals surface area contributed by atoms with E-state index >= 15 is 0 Å². The van der Waals surface area contributed by atoms with E-state index in [1.807, 2.05) is 24.4 Å². The molecule has 0 bridgehead atoms. The normalized spacial score (nSPS) is 11.3. The number of hydrogen-bond donors (Lipinski definition) is 1. The molecule has 3 aromatic rings. The van der Waals surface area contributed by atoms with Gasteiger partial charge in [0.1, 0.15) is 11.3 Å². The summed E-state index contributed by atoms with van der Waals surface area (Å²) in [6.07, 6.45) is 4.91. The Kier molecular flexibility index (Phi) is 4.04. The van der Waals surface area contributed by atoms with E-state index < -0.39 is 0 Å². The third-order valence-corrected chi connectivity index (χ3v) is 3.84. The zero-order valence-electron chi connectivity index (χ0n) is 12.7. The number of fused-ring (bicyclic) bond motifs is 3. The third-order valence-electron chi connectivity index (χ3n) is 3.84. The smallest absolute Gasteiger partial charge is 0.217 e. The highest BCUT2D eigenvalue weighted by molar-refractivity contribution is 6.02. The van der Waals surface area contributed by atoms with E-state index in [1.54, 1.807) is 0 Å². The number of amides is 1. The number of pyridine rings is 1. The Morgan fingerprint density at radius 1 is 1.27 bits per heavy atom. The van der Waals surface area contributed by atoms with Gasteiger partial charge in [0.15, 0.2) is 0 Å². The van der Waals surface area contributed by atoms with Gasteiger partial charge in [0.05, 0.1) is 17.2 Å². The van der Waals surface area contributed by atoms with Crippen molar-refractivity contribution in [1.82, 2.24) is 14.5 Å². The molecule has 5 nitrogen and oxygen atoms in total. The molecule has 0 aliphatic carbocycles. The summed E-state index contributed by atoms with van der Waals surface area (Å²) in [6.45, 7) is 2.90. The van der Waals surface area contributed by atoms with Gasteiger partial charge >= 0.3 is 0 Å². The molecule has 0 aliphatic rings. The van der Waals surface area contributed by atoms with Crippen LogP contribution in [0.3, 0.4) is 0 Å². The summed E-state index contributed by atoms with van der Waals surface area (Å²) in [6, 6.07) is 8.09. The summed E-state index contributed by atoms with van der Waals surface area (Å²) < 4.78 is 2.23. The number of carbonyl (C=O) groups excluding carboxylic acids is 1. The van der Waals surface area contributed by atoms with Crippen molar-refractivity contribution in [3.63, 3.8) is 0 Å². The molecule has 2 aromatic heterocycles. The molecule has 0 unspecified atom stereocenters. The maximum absolute atomic E-state index is 11.0. The predicted octanol–water partition coefficient (Wildman–Crippen LogP) is 2.80. The van der Waals surface area contributed by atoms with Crippen LogP contribution in [0.5, 0.6) is 0 Å². The van der Waals surface area contributed by atoms with Crippen LogP contribution in [-0.2, 0) is 17.8 Å². The van der Waals surface area contributed by atoms with Crippen LogP contribution < -0.4 is 5.73 Å². The molecule has 0 radical (unpaired) electrons. The lowest BCUT2D eigenvalue weighted by Gasteiger charge is -2.09. The molecule has 0 saturated heterocycles.